The van der Waals surface area contributed by atoms with E-state index in [2.05, 4.69) is 28.2 Å². The number of ether oxygens (including phenoxy) is 2. The van der Waals surface area contributed by atoms with E-state index in [0.29, 0.717) is 26.2 Å². The Morgan fingerprint density at radius 1 is 1.29 bits per heavy atom. The highest BCUT2D eigenvalue weighted by Gasteiger charge is 2.12. The molecule has 0 saturated heterocycles. The van der Waals surface area contributed by atoms with Crippen LogP contribution in [0.5, 0.6) is 0 Å². The second-order valence-electron chi connectivity index (χ2n) is 4.98. The average molecular weight is 362 g/mol. The molecule has 1 rings (SSSR count). The Labute approximate surface area is 135 Å². The van der Waals surface area contributed by atoms with Crippen molar-refractivity contribution in [2.75, 3.05) is 33.5 Å². The summed E-state index contributed by atoms with van der Waals surface area (Å²) in [6.45, 7) is 4.91. The Hall–Kier alpha value is -0.490. The predicted molar refractivity (Wildman–Crippen MR) is 87.2 cm³/mol. The lowest BCUT2D eigenvalue weighted by Gasteiger charge is -2.19. The van der Waals surface area contributed by atoms with Crippen molar-refractivity contribution in [3.8, 4) is 0 Å². The molecule has 0 radical (unpaired) electrons. The van der Waals surface area contributed by atoms with Crippen molar-refractivity contribution in [3.05, 3.63) is 34.1 Å². The minimum Gasteiger partial charge on any atom is -0.382 e. The largest absolute Gasteiger partial charge is 0.382 e. The van der Waals surface area contributed by atoms with Gasteiger partial charge in [-0.25, -0.2) is 4.39 Å². The number of hydrogen-bond acceptors (Lipinski definition) is 3. The van der Waals surface area contributed by atoms with Gasteiger partial charge in [0.2, 0.25) is 0 Å². The molecule has 0 aliphatic heterocycles. The molecule has 1 atom stereocenters. The third-order valence-corrected chi connectivity index (χ3v) is 3.69. The summed E-state index contributed by atoms with van der Waals surface area (Å²) in [5.74, 6) is -0.151. The van der Waals surface area contributed by atoms with E-state index in [0.717, 1.165) is 29.4 Å². The summed E-state index contributed by atoms with van der Waals surface area (Å²) < 4.78 is 25.2. The van der Waals surface area contributed by atoms with Crippen molar-refractivity contribution in [3.63, 3.8) is 0 Å². The van der Waals surface area contributed by atoms with Crippen LogP contribution in [0.2, 0.25) is 0 Å². The molecule has 3 nitrogen and oxygen atoms in total. The van der Waals surface area contributed by atoms with E-state index in [9.17, 15) is 4.39 Å². The van der Waals surface area contributed by atoms with Gasteiger partial charge in [-0.3, -0.25) is 0 Å². The van der Waals surface area contributed by atoms with Gasteiger partial charge in [0, 0.05) is 24.2 Å². The van der Waals surface area contributed by atoms with Gasteiger partial charge in [-0.05, 0) is 49.6 Å². The number of halogens is 2. The molecule has 0 amide bonds. The molecule has 0 fully saturated rings. The molecule has 0 aliphatic carbocycles. The predicted octanol–water partition coefficient (Wildman–Crippen LogP) is 3.55. The van der Waals surface area contributed by atoms with Crippen LogP contribution >= 0.6 is 15.9 Å². The molecule has 0 spiro atoms. The monoisotopic (exact) mass is 361 g/mol. The molecule has 0 saturated carbocycles. The van der Waals surface area contributed by atoms with E-state index in [-0.39, 0.29) is 11.9 Å². The van der Waals surface area contributed by atoms with Gasteiger partial charge < -0.3 is 14.8 Å². The standard InChI is InChI=1S/C16H25BrFNO2/c1-3-7-19-15(6-8-21-10-9-20-2)12-13-11-14(17)4-5-16(13)18/h4-5,11,15,19H,3,6-10,12H2,1-2H3. The van der Waals surface area contributed by atoms with E-state index in [1.165, 1.54) is 6.07 Å². The van der Waals surface area contributed by atoms with Gasteiger partial charge >= 0.3 is 0 Å². The summed E-state index contributed by atoms with van der Waals surface area (Å²) in [5, 5.41) is 3.46. The first-order chi connectivity index (χ1) is 10.2. The maximum absolute atomic E-state index is 13.8. The molecule has 0 aliphatic rings. The van der Waals surface area contributed by atoms with Gasteiger partial charge in [-0.1, -0.05) is 22.9 Å². The van der Waals surface area contributed by atoms with E-state index in [1.807, 2.05) is 6.07 Å². The highest BCUT2D eigenvalue weighted by atomic mass is 79.9. The molecule has 1 unspecified atom stereocenters. The van der Waals surface area contributed by atoms with Crippen LogP contribution in [0.1, 0.15) is 25.3 Å². The summed E-state index contributed by atoms with van der Waals surface area (Å²) in [6.07, 6.45) is 2.58. The topological polar surface area (TPSA) is 30.5 Å². The minimum atomic E-state index is -0.151. The molecule has 1 aromatic carbocycles. The van der Waals surface area contributed by atoms with Crippen LogP contribution in [-0.4, -0.2) is 39.5 Å². The molecule has 21 heavy (non-hydrogen) atoms. The fourth-order valence-electron chi connectivity index (χ4n) is 2.06. The van der Waals surface area contributed by atoms with Crippen LogP contribution in [-0.2, 0) is 15.9 Å². The zero-order chi connectivity index (χ0) is 15.5. The third kappa shape index (κ3) is 7.90. The van der Waals surface area contributed by atoms with Gasteiger partial charge in [0.15, 0.2) is 0 Å². The highest BCUT2D eigenvalue weighted by molar-refractivity contribution is 9.10. The first kappa shape index (κ1) is 18.6. The van der Waals surface area contributed by atoms with Crippen LogP contribution in [0.4, 0.5) is 4.39 Å². The van der Waals surface area contributed by atoms with Crippen molar-refractivity contribution in [1.29, 1.82) is 0 Å². The zero-order valence-corrected chi connectivity index (χ0v) is 14.4. The second-order valence-corrected chi connectivity index (χ2v) is 5.90. The van der Waals surface area contributed by atoms with E-state index < -0.39 is 0 Å². The third-order valence-electron chi connectivity index (χ3n) is 3.20. The molecule has 5 heteroatoms. The van der Waals surface area contributed by atoms with Crippen LogP contribution in [0.15, 0.2) is 22.7 Å². The molecule has 0 aromatic heterocycles. The molecule has 0 heterocycles. The van der Waals surface area contributed by atoms with Gasteiger partial charge in [0.05, 0.1) is 13.2 Å². The second kappa shape index (κ2) is 11.1. The van der Waals surface area contributed by atoms with Crippen LogP contribution in [0, 0.1) is 5.82 Å². The van der Waals surface area contributed by atoms with Gasteiger partial charge in [0.25, 0.3) is 0 Å². The summed E-state index contributed by atoms with van der Waals surface area (Å²) in [7, 11) is 1.66. The Morgan fingerprint density at radius 2 is 2.10 bits per heavy atom. The Bertz CT molecular complexity index is 404. The maximum Gasteiger partial charge on any atom is 0.126 e. The molecule has 0 bridgehead atoms. The number of nitrogens with one attached hydrogen (secondary N) is 1. The van der Waals surface area contributed by atoms with Crippen LogP contribution in [0.25, 0.3) is 0 Å². The smallest absolute Gasteiger partial charge is 0.126 e. The van der Waals surface area contributed by atoms with Gasteiger partial charge in [-0.2, -0.15) is 0 Å². The fraction of sp³-hybridized carbons (Fsp3) is 0.625. The first-order valence-corrected chi connectivity index (χ1v) is 8.20. The minimum absolute atomic E-state index is 0.151. The molecular formula is C16H25BrFNO2. The SMILES string of the molecule is CCCNC(CCOCCOC)Cc1cc(Br)ccc1F. The highest BCUT2D eigenvalue weighted by Crippen LogP contribution is 2.17. The van der Waals surface area contributed by atoms with Crippen molar-refractivity contribution in [1.82, 2.24) is 5.32 Å². The maximum atomic E-state index is 13.8. The van der Waals surface area contributed by atoms with Crippen LogP contribution in [0.3, 0.4) is 0 Å². The van der Waals surface area contributed by atoms with Crippen molar-refractivity contribution < 1.29 is 13.9 Å². The normalized spacial score (nSPS) is 12.6. The lowest BCUT2D eigenvalue weighted by molar-refractivity contribution is 0.0658. The average Bonchev–Trinajstić information content (AvgIpc) is 2.47. The zero-order valence-electron chi connectivity index (χ0n) is 12.8. The lowest BCUT2D eigenvalue weighted by atomic mass is 10.0. The Morgan fingerprint density at radius 3 is 2.81 bits per heavy atom. The van der Waals surface area contributed by atoms with E-state index in [4.69, 9.17) is 9.47 Å². The van der Waals surface area contributed by atoms with E-state index >= 15 is 0 Å². The molecule has 1 N–H and O–H groups in total. The van der Waals surface area contributed by atoms with Crippen molar-refractivity contribution >= 4 is 15.9 Å². The number of hydrogen-bond donors (Lipinski definition) is 1. The first-order valence-electron chi connectivity index (χ1n) is 7.41. The Kier molecular flexibility index (Phi) is 9.83. The quantitative estimate of drug-likeness (QED) is 0.611. The van der Waals surface area contributed by atoms with Crippen molar-refractivity contribution in [2.45, 2.75) is 32.2 Å². The lowest BCUT2D eigenvalue weighted by Crippen LogP contribution is -2.33. The number of methoxy groups -OCH3 is 1. The number of benzene rings is 1. The van der Waals surface area contributed by atoms with Gasteiger partial charge in [-0.15, -0.1) is 0 Å². The fourth-order valence-corrected chi connectivity index (χ4v) is 2.47. The van der Waals surface area contributed by atoms with Gasteiger partial charge in [0.1, 0.15) is 5.82 Å². The number of rotatable bonds is 11. The summed E-state index contributed by atoms with van der Waals surface area (Å²) in [4.78, 5) is 0. The molecular weight excluding hydrogens is 337 g/mol. The summed E-state index contributed by atoms with van der Waals surface area (Å²) >= 11 is 3.39. The molecule has 120 valence electrons. The summed E-state index contributed by atoms with van der Waals surface area (Å²) in [6, 6.07) is 5.30. The summed E-state index contributed by atoms with van der Waals surface area (Å²) in [5.41, 5.74) is 0.731. The Balaban J connectivity index is 2.50. The van der Waals surface area contributed by atoms with Crippen molar-refractivity contribution in [2.24, 2.45) is 0 Å². The van der Waals surface area contributed by atoms with Crippen LogP contribution < -0.4 is 5.32 Å². The van der Waals surface area contributed by atoms with E-state index in [1.54, 1.807) is 13.2 Å². The molecule has 1 aromatic rings.